The molecule has 2 rings (SSSR count). The Balaban J connectivity index is 2.22. The number of aliphatic carboxylic acids is 1. The fraction of sp³-hybridized carbons (Fsp3) is 0.273. The summed E-state index contributed by atoms with van der Waals surface area (Å²) >= 11 is 0. The summed E-state index contributed by atoms with van der Waals surface area (Å²) < 4.78 is 6.22. The molecule has 2 N–H and O–H groups in total. The molecule has 0 radical (unpaired) electrons. The number of hydrogen-bond donors (Lipinski definition) is 2. The Morgan fingerprint density at radius 1 is 1.53 bits per heavy atom. The number of aromatic nitrogens is 3. The van der Waals surface area contributed by atoms with Crippen LogP contribution < -0.4 is 5.32 Å². The highest BCUT2D eigenvalue weighted by atomic mass is 16.5. The van der Waals surface area contributed by atoms with E-state index < -0.39 is 17.9 Å². The van der Waals surface area contributed by atoms with Crippen LogP contribution in [0.1, 0.15) is 10.4 Å². The van der Waals surface area contributed by atoms with E-state index >= 15 is 0 Å². The Bertz CT molecular complexity index is 610. The number of carbonyl (C=O) groups is 2. The molecule has 0 saturated heterocycles. The van der Waals surface area contributed by atoms with E-state index in [4.69, 9.17) is 9.84 Å². The van der Waals surface area contributed by atoms with Crippen LogP contribution in [0.3, 0.4) is 0 Å². The van der Waals surface area contributed by atoms with Crippen LogP contribution in [-0.4, -0.2) is 51.3 Å². The van der Waals surface area contributed by atoms with Gasteiger partial charge in [-0.2, -0.15) is 5.10 Å². The quantitative estimate of drug-likeness (QED) is 0.758. The number of amides is 1. The van der Waals surface area contributed by atoms with E-state index in [2.05, 4.69) is 15.4 Å². The molecule has 0 aliphatic heterocycles. The lowest BCUT2D eigenvalue weighted by atomic mass is 10.2. The summed E-state index contributed by atoms with van der Waals surface area (Å²) in [6.07, 6.45) is 5.97. The highest BCUT2D eigenvalue weighted by Gasteiger charge is 2.22. The van der Waals surface area contributed by atoms with Gasteiger partial charge in [-0.05, 0) is 0 Å². The van der Waals surface area contributed by atoms with Gasteiger partial charge in [-0.25, -0.2) is 9.31 Å². The standard InChI is InChI=1S/C11H12N4O4/c1-19-6-8(11(17)18)14-10(16)7-4-13-15-3-2-12-5-9(7)15/h2-5,8H,6H2,1H3,(H,14,16)(H,17,18). The van der Waals surface area contributed by atoms with E-state index in [1.165, 1.54) is 30.2 Å². The number of fused-ring (bicyclic) bond motifs is 1. The smallest absolute Gasteiger partial charge is 0.328 e. The number of carboxylic acid groups (broad SMARTS) is 1. The van der Waals surface area contributed by atoms with Gasteiger partial charge in [0.1, 0.15) is 0 Å². The molecule has 2 aromatic heterocycles. The molecule has 1 unspecified atom stereocenters. The first-order valence-electron chi connectivity index (χ1n) is 5.43. The van der Waals surface area contributed by atoms with Crippen LogP contribution >= 0.6 is 0 Å². The van der Waals surface area contributed by atoms with Crippen molar-refractivity contribution < 1.29 is 19.4 Å². The lowest BCUT2D eigenvalue weighted by Crippen LogP contribution is -2.43. The minimum Gasteiger partial charge on any atom is -0.480 e. The van der Waals surface area contributed by atoms with E-state index in [0.717, 1.165) is 0 Å². The van der Waals surface area contributed by atoms with E-state index in [1.54, 1.807) is 6.20 Å². The monoisotopic (exact) mass is 264 g/mol. The minimum atomic E-state index is -1.16. The number of nitrogens with zero attached hydrogens (tertiary/aromatic N) is 3. The van der Waals surface area contributed by atoms with Crippen LogP contribution in [0.15, 0.2) is 24.8 Å². The minimum absolute atomic E-state index is 0.113. The van der Waals surface area contributed by atoms with Crippen LogP contribution in [0.25, 0.3) is 5.52 Å². The molecule has 0 fully saturated rings. The maximum Gasteiger partial charge on any atom is 0.328 e. The van der Waals surface area contributed by atoms with Gasteiger partial charge in [0.15, 0.2) is 6.04 Å². The Morgan fingerprint density at radius 2 is 2.32 bits per heavy atom. The molecule has 8 heteroatoms. The van der Waals surface area contributed by atoms with Crippen molar-refractivity contribution in [1.29, 1.82) is 0 Å². The number of carboxylic acids is 1. The van der Waals surface area contributed by atoms with Gasteiger partial charge >= 0.3 is 5.97 Å². The van der Waals surface area contributed by atoms with Crippen LogP contribution in [0.2, 0.25) is 0 Å². The maximum absolute atomic E-state index is 12.0. The number of ether oxygens (including phenoxy) is 1. The van der Waals surface area contributed by atoms with E-state index in [9.17, 15) is 9.59 Å². The Hall–Kier alpha value is -2.48. The first kappa shape index (κ1) is 13.0. The average Bonchev–Trinajstić information content (AvgIpc) is 2.81. The Kier molecular flexibility index (Phi) is 3.71. The van der Waals surface area contributed by atoms with E-state index in [0.29, 0.717) is 5.52 Å². The molecule has 2 heterocycles. The molecule has 0 spiro atoms. The lowest BCUT2D eigenvalue weighted by Gasteiger charge is -2.12. The maximum atomic E-state index is 12.0. The van der Waals surface area contributed by atoms with Crippen molar-refractivity contribution in [3.8, 4) is 0 Å². The van der Waals surface area contributed by atoms with E-state index in [-0.39, 0.29) is 12.2 Å². The largest absolute Gasteiger partial charge is 0.480 e. The number of nitrogens with one attached hydrogen (secondary N) is 1. The molecule has 2 aromatic rings. The van der Waals surface area contributed by atoms with Gasteiger partial charge in [0.25, 0.3) is 5.91 Å². The molecule has 0 aliphatic rings. The summed E-state index contributed by atoms with van der Waals surface area (Å²) in [5.74, 6) is -1.70. The zero-order chi connectivity index (χ0) is 13.8. The zero-order valence-corrected chi connectivity index (χ0v) is 10.1. The predicted octanol–water partition coefficient (Wildman–Crippen LogP) is -0.441. The summed E-state index contributed by atoms with van der Waals surface area (Å²) in [4.78, 5) is 26.8. The molecular formula is C11H12N4O4. The fourth-order valence-electron chi connectivity index (χ4n) is 1.59. The van der Waals surface area contributed by atoms with Gasteiger partial charge in [0.2, 0.25) is 0 Å². The van der Waals surface area contributed by atoms with Crippen molar-refractivity contribution in [3.05, 3.63) is 30.4 Å². The molecular weight excluding hydrogens is 252 g/mol. The van der Waals surface area contributed by atoms with Gasteiger partial charge in [-0.1, -0.05) is 0 Å². The van der Waals surface area contributed by atoms with Crippen LogP contribution in [0.4, 0.5) is 0 Å². The normalized spacial score (nSPS) is 12.3. The molecule has 19 heavy (non-hydrogen) atoms. The zero-order valence-electron chi connectivity index (χ0n) is 10.1. The second-order valence-electron chi connectivity index (χ2n) is 3.78. The van der Waals surface area contributed by atoms with Gasteiger partial charge in [0, 0.05) is 19.5 Å². The van der Waals surface area contributed by atoms with Crippen molar-refractivity contribution in [3.63, 3.8) is 0 Å². The molecule has 0 saturated carbocycles. The molecule has 0 bridgehead atoms. The topological polar surface area (TPSA) is 106 Å². The van der Waals surface area contributed by atoms with Crippen molar-refractivity contribution in [2.45, 2.75) is 6.04 Å². The molecule has 1 amide bonds. The van der Waals surface area contributed by atoms with Crippen molar-refractivity contribution in [2.24, 2.45) is 0 Å². The number of carbonyl (C=O) groups excluding carboxylic acids is 1. The summed E-state index contributed by atoms with van der Waals surface area (Å²) in [7, 11) is 1.36. The fourth-order valence-corrected chi connectivity index (χ4v) is 1.59. The number of rotatable bonds is 5. The third kappa shape index (κ3) is 2.68. The van der Waals surface area contributed by atoms with Crippen molar-refractivity contribution >= 4 is 17.4 Å². The third-order valence-corrected chi connectivity index (χ3v) is 2.51. The van der Waals surface area contributed by atoms with Crippen LogP contribution in [-0.2, 0) is 9.53 Å². The molecule has 8 nitrogen and oxygen atoms in total. The summed E-state index contributed by atoms with van der Waals surface area (Å²) in [6, 6.07) is -1.11. The number of methoxy groups -OCH3 is 1. The Morgan fingerprint density at radius 3 is 3.00 bits per heavy atom. The first-order chi connectivity index (χ1) is 9.13. The molecule has 100 valence electrons. The SMILES string of the molecule is COCC(NC(=O)c1cnn2ccncc12)C(=O)O. The van der Waals surface area contributed by atoms with Crippen LogP contribution in [0, 0.1) is 0 Å². The second-order valence-corrected chi connectivity index (χ2v) is 3.78. The van der Waals surface area contributed by atoms with Gasteiger partial charge < -0.3 is 15.2 Å². The molecule has 0 aromatic carbocycles. The average molecular weight is 264 g/mol. The number of hydrogen-bond acceptors (Lipinski definition) is 5. The highest BCUT2D eigenvalue weighted by Crippen LogP contribution is 2.08. The first-order valence-corrected chi connectivity index (χ1v) is 5.43. The summed E-state index contributed by atoms with van der Waals surface area (Å²) in [5, 5.41) is 15.3. The van der Waals surface area contributed by atoms with Crippen molar-refractivity contribution in [2.75, 3.05) is 13.7 Å². The summed E-state index contributed by atoms with van der Waals surface area (Å²) in [6.45, 7) is -0.113. The second kappa shape index (κ2) is 5.44. The summed E-state index contributed by atoms with van der Waals surface area (Å²) in [5.41, 5.74) is 0.761. The van der Waals surface area contributed by atoms with Crippen molar-refractivity contribution in [1.82, 2.24) is 19.9 Å². The van der Waals surface area contributed by atoms with Gasteiger partial charge in [-0.3, -0.25) is 9.78 Å². The molecule has 0 aliphatic carbocycles. The highest BCUT2D eigenvalue weighted by molar-refractivity contribution is 6.02. The molecule has 1 atom stereocenters. The third-order valence-electron chi connectivity index (χ3n) is 2.51. The van der Waals surface area contributed by atoms with Crippen LogP contribution in [0.5, 0.6) is 0 Å². The van der Waals surface area contributed by atoms with Gasteiger partial charge in [-0.15, -0.1) is 0 Å². The predicted molar refractivity (Wildman–Crippen MR) is 63.8 cm³/mol. The lowest BCUT2D eigenvalue weighted by molar-refractivity contribution is -0.140. The van der Waals surface area contributed by atoms with Gasteiger partial charge in [0.05, 0.1) is 30.1 Å². The van der Waals surface area contributed by atoms with E-state index in [1.807, 2.05) is 0 Å². The Labute approximate surface area is 108 Å².